The molecule has 0 saturated carbocycles. The Labute approximate surface area is 163 Å². The molecule has 150 valence electrons. The van der Waals surface area contributed by atoms with Gasteiger partial charge in [0.1, 0.15) is 17.4 Å². The van der Waals surface area contributed by atoms with Crippen LogP contribution in [0.25, 0.3) is 0 Å². The Hall–Kier alpha value is -2.96. The van der Waals surface area contributed by atoms with Crippen LogP contribution < -0.4 is 15.4 Å². The van der Waals surface area contributed by atoms with Crippen molar-refractivity contribution in [2.45, 2.75) is 39.3 Å². The van der Waals surface area contributed by atoms with Gasteiger partial charge in [0.15, 0.2) is 0 Å². The predicted molar refractivity (Wildman–Crippen MR) is 102 cm³/mol. The van der Waals surface area contributed by atoms with Gasteiger partial charge >= 0.3 is 0 Å². The largest absolute Gasteiger partial charge is 0.491 e. The van der Waals surface area contributed by atoms with Crippen LogP contribution in [0.2, 0.25) is 0 Å². The first-order valence-electron chi connectivity index (χ1n) is 9.05. The van der Waals surface area contributed by atoms with Gasteiger partial charge in [0.05, 0.1) is 17.7 Å². The fourth-order valence-electron chi connectivity index (χ4n) is 2.56. The van der Waals surface area contributed by atoms with Crippen molar-refractivity contribution in [3.05, 3.63) is 65.2 Å². The molecule has 1 atom stereocenters. The summed E-state index contributed by atoms with van der Waals surface area (Å²) in [7, 11) is 0. The van der Waals surface area contributed by atoms with Crippen molar-refractivity contribution < 1.29 is 23.1 Å². The maximum Gasteiger partial charge on any atom is 0.254 e. The number of rotatable bonds is 8. The molecule has 0 saturated heterocycles. The molecule has 0 aromatic heterocycles. The summed E-state index contributed by atoms with van der Waals surface area (Å²) in [6.07, 6.45) is 0.120. The number of carbonyl (C=O) groups excluding carboxylic acids is 2. The Morgan fingerprint density at radius 1 is 1.04 bits per heavy atom. The molecular formula is C21H24F2N2O3. The highest BCUT2D eigenvalue weighted by atomic mass is 19.1. The lowest BCUT2D eigenvalue weighted by Gasteiger charge is -2.16. The van der Waals surface area contributed by atoms with E-state index in [2.05, 4.69) is 10.6 Å². The SMILES string of the molecule is CC(C)Oc1ccc(C(C)NC(=O)CCNC(=O)c2ccc(F)cc2F)cc1. The maximum absolute atomic E-state index is 13.6. The minimum absolute atomic E-state index is 0.0352. The summed E-state index contributed by atoms with van der Waals surface area (Å²) in [5.74, 6) is -1.89. The average molecular weight is 390 g/mol. The van der Waals surface area contributed by atoms with Crippen molar-refractivity contribution in [3.8, 4) is 5.75 Å². The third kappa shape index (κ3) is 6.33. The van der Waals surface area contributed by atoms with Gasteiger partial charge in [0, 0.05) is 19.0 Å². The summed E-state index contributed by atoms with van der Waals surface area (Å²) in [4.78, 5) is 24.0. The zero-order chi connectivity index (χ0) is 20.7. The van der Waals surface area contributed by atoms with E-state index in [1.165, 1.54) is 0 Å². The van der Waals surface area contributed by atoms with Crippen molar-refractivity contribution in [2.24, 2.45) is 0 Å². The Bertz CT molecular complexity index is 823. The standard InChI is InChI=1S/C21H24F2N2O3/c1-13(2)28-17-7-4-15(5-8-17)14(3)25-20(26)10-11-24-21(27)18-9-6-16(22)12-19(18)23/h4-9,12-14H,10-11H2,1-3H3,(H,24,27)(H,25,26). The van der Waals surface area contributed by atoms with Crippen molar-refractivity contribution in [2.75, 3.05) is 6.54 Å². The highest BCUT2D eigenvalue weighted by molar-refractivity contribution is 5.94. The Balaban J connectivity index is 1.79. The van der Waals surface area contributed by atoms with Crippen molar-refractivity contribution in [1.82, 2.24) is 10.6 Å². The first kappa shape index (κ1) is 21.3. The molecule has 0 fully saturated rings. The monoisotopic (exact) mass is 390 g/mol. The first-order valence-corrected chi connectivity index (χ1v) is 9.05. The molecule has 2 amide bonds. The van der Waals surface area contributed by atoms with Gasteiger partial charge in [-0.25, -0.2) is 8.78 Å². The second kappa shape index (κ2) is 9.82. The van der Waals surface area contributed by atoms with Crippen LogP contribution in [0.5, 0.6) is 5.75 Å². The molecule has 0 spiro atoms. The maximum atomic E-state index is 13.6. The van der Waals surface area contributed by atoms with E-state index in [1.54, 1.807) is 0 Å². The average Bonchev–Trinajstić information content (AvgIpc) is 2.61. The normalized spacial score (nSPS) is 11.8. The molecule has 2 aromatic carbocycles. The molecule has 2 N–H and O–H groups in total. The van der Waals surface area contributed by atoms with Crippen molar-refractivity contribution in [1.29, 1.82) is 0 Å². The molecule has 0 radical (unpaired) electrons. The molecule has 0 aliphatic rings. The van der Waals surface area contributed by atoms with E-state index in [9.17, 15) is 18.4 Å². The van der Waals surface area contributed by atoms with E-state index in [-0.39, 0.29) is 36.6 Å². The number of hydrogen-bond acceptors (Lipinski definition) is 3. The van der Waals surface area contributed by atoms with Crippen molar-refractivity contribution >= 4 is 11.8 Å². The molecule has 0 aliphatic carbocycles. The Morgan fingerprint density at radius 3 is 2.32 bits per heavy atom. The minimum atomic E-state index is -0.944. The molecule has 0 bridgehead atoms. The predicted octanol–water partition coefficient (Wildman–Crippen LogP) is 3.75. The van der Waals surface area contributed by atoms with Gasteiger partial charge in [-0.15, -0.1) is 0 Å². The van der Waals surface area contributed by atoms with Gasteiger partial charge in [-0.05, 0) is 50.6 Å². The number of carbonyl (C=O) groups is 2. The van der Waals surface area contributed by atoms with Crippen LogP contribution >= 0.6 is 0 Å². The zero-order valence-corrected chi connectivity index (χ0v) is 16.1. The number of benzene rings is 2. The Kier molecular flexibility index (Phi) is 7.49. The van der Waals surface area contributed by atoms with Crippen LogP contribution in [0.3, 0.4) is 0 Å². The third-order valence-electron chi connectivity index (χ3n) is 3.94. The van der Waals surface area contributed by atoms with Gasteiger partial charge in [0.25, 0.3) is 5.91 Å². The van der Waals surface area contributed by atoms with Gasteiger partial charge in [0.2, 0.25) is 5.91 Å². The van der Waals surface area contributed by atoms with E-state index in [4.69, 9.17) is 4.74 Å². The molecule has 1 unspecified atom stereocenters. The smallest absolute Gasteiger partial charge is 0.254 e. The molecule has 0 aliphatic heterocycles. The second-order valence-corrected chi connectivity index (χ2v) is 6.65. The third-order valence-corrected chi connectivity index (χ3v) is 3.94. The topological polar surface area (TPSA) is 67.4 Å². The Morgan fingerprint density at radius 2 is 1.71 bits per heavy atom. The van der Waals surface area contributed by atoms with Gasteiger partial charge in [-0.2, -0.15) is 0 Å². The van der Waals surface area contributed by atoms with Crippen LogP contribution in [0.1, 0.15) is 49.2 Å². The highest BCUT2D eigenvalue weighted by Gasteiger charge is 2.14. The van der Waals surface area contributed by atoms with Crippen LogP contribution in [0.4, 0.5) is 8.78 Å². The second-order valence-electron chi connectivity index (χ2n) is 6.65. The van der Waals surface area contributed by atoms with Crippen molar-refractivity contribution in [3.63, 3.8) is 0 Å². The van der Waals surface area contributed by atoms with Gasteiger partial charge < -0.3 is 15.4 Å². The van der Waals surface area contributed by atoms with E-state index in [0.717, 1.165) is 23.4 Å². The molecule has 28 heavy (non-hydrogen) atoms. The summed E-state index contributed by atoms with van der Waals surface area (Å²) in [5, 5.41) is 5.28. The summed E-state index contributed by atoms with van der Waals surface area (Å²) in [5.41, 5.74) is 0.653. The number of hydrogen-bond donors (Lipinski definition) is 2. The summed E-state index contributed by atoms with van der Waals surface area (Å²) in [6.45, 7) is 5.78. The highest BCUT2D eigenvalue weighted by Crippen LogP contribution is 2.18. The first-order chi connectivity index (χ1) is 13.3. The number of nitrogens with one attached hydrogen (secondary N) is 2. The van der Waals surface area contributed by atoms with E-state index < -0.39 is 17.5 Å². The molecule has 2 aromatic rings. The molecule has 0 heterocycles. The lowest BCUT2D eigenvalue weighted by atomic mass is 10.1. The summed E-state index contributed by atoms with van der Waals surface area (Å²) < 4.78 is 32.0. The van der Waals surface area contributed by atoms with E-state index >= 15 is 0 Å². The fraction of sp³-hybridized carbons (Fsp3) is 0.333. The molecule has 5 nitrogen and oxygen atoms in total. The van der Waals surface area contributed by atoms with E-state index in [0.29, 0.717) is 6.07 Å². The van der Waals surface area contributed by atoms with Crippen LogP contribution in [-0.2, 0) is 4.79 Å². The zero-order valence-electron chi connectivity index (χ0n) is 16.1. The van der Waals surface area contributed by atoms with E-state index in [1.807, 2.05) is 45.0 Å². The minimum Gasteiger partial charge on any atom is -0.491 e. The number of amides is 2. The fourth-order valence-corrected chi connectivity index (χ4v) is 2.56. The van der Waals surface area contributed by atoms with Crippen LogP contribution in [0.15, 0.2) is 42.5 Å². The van der Waals surface area contributed by atoms with Crippen LogP contribution in [0, 0.1) is 11.6 Å². The summed E-state index contributed by atoms with van der Waals surface area (Å²) >= 11 is 0. The quantitative estimate of drug-likeness (QED) is 0.721. The molecule has 7 heteroatoms. The summed E-state index contributed by atoms with van der Waals surface area (Å²) in [6, 6.07) is 9.93. The molecule has 2 rings (SSSR count). The molecular weight excluding hydrogens is 366 g/mol. The number of ether oxygens (including phenoxy) is 1. The number of halogens is 2. The van der Waals surface area contributed by atoms with Gasteiger partial charge in [-0.3, -0.25) is 9.59 Å². The van der Waals surface area contributed by atoms with Crippen LogP contribution in [-0.4, -0.2) is 24.5 Å². The lowest BCUT2D eigenvalue weighted by Crippen LogP contribution is -2.32. The van der Waals surface area contributed by atoms with Gasteiger partial charge in [-0.1, -0.05) is 12.1 Å². The lowest BCUT2D eigenvalue weighted by molar-refractivity contribution is -0.121.